The molecule has 2 amide bonds. The predicted octanol–water partition coefficient (Wildman–Crippen LogP) is 3.22. The molecule has 0 saturated carbocycles. The Labute approximate surface area is 175 Å². The van der Waals surface area contributed by atoms with Crippen LogP contribution in [-0.2, 0) is 16.6 Å². The van der Waals surface area contributed by atoms with Gasteiger partial charge in [-0.05, 0) is 29.8 Å². The molecule has 0 spiro atoms. The molecule has 0 radical (unpaired) electrons. The maximum Gasteiger partial charge on any atom is 0.387 e. The van der Waals surface area contributed by atoms with Crippen LogP contribution in [0.4, 0.5) is 13.6 Å². The van der Waals surface area contributed by atoms with Crippen LogP contribution in [0.25, 0.3) is 0 Å². The fourth-order valence-corrected chi connectivity index (χ4v) is 5.88. The van der Waals surface area contributed by atoms with E-state index in [0.29, 0.717) is 9.90 Å². The second kappa shape index (κ2) is 9.24. The number of halogens is 3. The summed E-state index contributed by atoms with van der Waals surface area (Å²) in [6, 6.07) is 8.69. The summed E-state index contributed by atoms with van der Waals surface area (Å²) in [5.74, 6) is 0.0132. The number of thiophene rings is 1. The monoisotopic (exact) mass is 465 g/mol. The van der Waals surface area contributed by atoms with Crippen LogP contribution in [0.1, 0.15) is 5.56 Å². The topological polar surface area (TPSA) is 79.0 Å². The van der Waals surface area contributed by atoms with Crippen molar-refractivity contribution in [3.05, 3.63) is 46.3 Å². The number of nitrogens with one attached hydrogen (secondary N) is 1. The zero-order chi connectivity index (χ0) is 21.0. The number of carbonyl (C=O) groups is 1. The van der Waals surface area contributed by atoms with Gasteiger partial charge in [-0.25, -0.2) is 13.2 Å². The van der Waals surface area contributed by atoms with Crippen molar-refractivity contribution in [3.8, 4) is 5.75 Å². The minimum Gasteiger partial charge on any atom is -0.435 e. The van der Waals surface area contributed by atoms with E-state index in [0.717, 1.165) is 11.3 Å². The lowest BCUT2D eigenvalue weighted by molar-refractivity contribution is -0.0498. The standard InChI is InChI=1S/C17H18ClF2N3O4S2/c18-14-4-5-15(28-14)29(25,26)23-8-6-22(7-9-23)17(24)21-11-12-2-1-3-13(10-12)27-16(19)20/h1-5,10,16H,6-9,11H2,(H,21,24). The van der Waals surface area contributed by atoms with Gasteiger partial charge in [-0.1, -0.05) is 23.7 Å². The van der Waals surface area contributed by atoms with Gasteiger partial charge < -0.3 is 15.0 Å². The summed E-state index contributed by atoms with van der Waals surface area (Å²) in [5, 5.41) is 2.70. The summed E-state index contributed by atoms with van der Waals surface area (Å²) < 4.78 is 56.0. The fraction of sp³-hybridized carbons (Fsp3) is 0.353. The van der Waals surface area contributed by atoms with E-state index in [9.17, 15) is 22.0 Å². The molecule has 2 heterocycles. The van der Waals surface area contributed by atoms with Crippen molar-refractivity contribution in [3.63, 3.8) is 0 Å². The molecule has 1 N–H and O–H groups in total. The number of piperazine rings is 1. The van der Waals surface area contributed by atoms with Gasteiger partial charge in [0.15, 0.2) is 0 Å². The Morgan fingerprint density at radius 2 is 1.93 bits per heavy atom. The molecule has 1 saturated heterocycles. The van der Waals surface area contributed by atoms with Crippen molar-refractivity contribution in [2.45, 2.75) is 17.4 Å². The van der Waals surface area contributed by atoms with Gasteiger partial charge in [0, 0.05) is 32.7 Å². The summed E-state index contributed by atoms with van der Waals surface area (Å²) in [6.45, 7) is -1.98. The van der Waals surface area contributed by atoms with E-state index in [1.54, 1.807) is 12.1 Å². The maximum absolute atomic E-state index is 12.6. The summed E-state index contributed by atoms with van der Waals surface area (Å²) >= 11 is 6.81. The van der Waals surface area contributed by atoms with Crippen LogP contribution in [0.5, 0.6) is 5.75 Å². The molecule has 1 aromatic carbocycles. The molecule has 1 fully saturated rings. The normalized spacial score (nSPS) is 15.5. The highest BCUT2D eigenvalue weighted by Gasteiger charge is 2.31. The molecule has 3 rings (SSSR count). The summed E-state index contributed by atoms with van der Waals surface area (Å²) in [6.07, 6.45) is 0. The minimum absolute atomic E-state index is 0.0132. The maximum atomic E-state index is 12.6. The summed E-state index contributed by atoms with van der Waals surface area (Å²) in [7, 11) is -3.63. The molecule has 1 aliphatic rings. The molecule has 158 valence electrons. The van der Waals surface area contributed by atoms with Crippen molar-refractivity contribution < 1.29 is 26.7 Å². The number of benzene rings is 1. The molecule has 0 aliphatic carbocycles. The van der Waals surface area contributed by atoms with Gasteiger partial charge in [0.05, 0.1) is 4.34 Å². The van der Waals surface area contributed by atoms with Gasteiger partial charge >= 0.3 is 12.6 Å². The molecule has 1 aromatic heterocycles. The quantitative estimate of drug-likeness (QED) is 0.710. The number of hydrogen-bond donors (Lipinski definition) is 1. The van der Waals surface area contributed by atoms with Crippen LogP contribution in [0.2, 0.25) is 4.34 Å². The van der Waals surface area contributed by atoms with Crippen LogP contribution >= 0.6 is 22.9 Å². The predicted molar refractivity (Wildman–Crippen MR) is 105 cm³/mol. The minimum atomic E-state index is -3.63. The van der Waals surface area contributed by atoms with Gasteiger partial charge in [-0.2, -0.15) is 13.1 Å². The van der Waals surface area contributed by atoms with Gasteiger partial charge in [0.2, 0.25) is 0 Å². The zero-order valence-electron chi connectivity index (χ0n) is 15.1. The third-order valence-corrected chi connectivity index (χ3v) is 7.83. The number of nitrogens with zero attached hydrogens (tertiary/aromatic N) is 2. The lowest BCUT2D eigenvalue weighted by atomic mass is 10.2. The van der Waals surface area contributed by atoms with Crippen LogP contribution < -0.4 is 10.1 Å². The zero-order valence-corrected chi connectivity index (χ0v) is 17.4. The number of rotatable bonds is 6. The average Bonchev–Trinajstić information content (AvgIpc) is 3.13. The first-order valence-corrected chi connectivity index (χ1v) is 11.2. The Morgan fingerprint density at radius 1 is 1.21 bits per heavy atom. The molecular formula is C17H18ClF2N3O4S2. The fourth-order valence-electron chi connectivity index (χ4n) is 2.82. The number of hydrogen-bond acceptors (Lipinski definition) is 5. The van der Waals surface area contributed by atoms with Gasteiger partial charge in [0.1, 0.15) is 9.96 Å². The van der Waals surface area contributed by atoms with E-state index < -0.39 is 16.6 Å². The Hall–Kier alpha value is -1.95. The SMILES string of the molecule is O=C(NCc1cccc(OC(F)F)c1)N1CCN(S(=O)(=O)c2ccc(Cl)s2)CC1. The lowest BCUT2D eigenvalue weighted by Gasteiger charge is -2.33. The highest BCUT2D eigenvalue weighted by Crippen LogP contribution is 2.28. The molecular weight excluding hydrogens is 448 g/mol. The van der Waals surface area contributed by atoms with Crippen molar-refractivity contribution in [1.29, 1.82) is 0 Å². The van der Waals surface area contributed by atoms with Crippen molar-refractivity contribution in [2.24, 2.45) is 0 Å². The molecule has 12 heteroatoms. The summed E-state index contributed by atoms with van der Waals surface area (Å²) in [4.78, 5) is 13.9. The number of alkyl halides is 2. The van der Waals surface area contributed by atoms with E-state index in [1.165, 1.54) is 33.5 Å². The highest BCUT2D eigenvalue weighted by molar-refractivity contribution is 7.91. The Kier molecular flexibility index (Phi) is 6.93. The molecule has 0 bridgehead atoms. The first kappa shape index (κ1) is 21.8. The van der Waals surface area contributed by atoms with E-state index in [4.69, 9.17) is 11.6 Å². The number of amides is 2. The van der Waals surface area contributed by atoms with Gasteiger partial charge in [-0.3, -0.25) is 0 Å². The summed E-state index contributed by atoms with van der Waals surface area (Å²) in [5.41, 5.74) is 0.604. The van der Waals surface area contributed by atoms with Crippen molar-refractivity contribution >= 4 is 39.0 Å². The van der Waals surface area contributed by atoms with Crippen LogP contribution in [-0.4, -0.2) is 56.4 Å². The number of carbonyl (C=O) groups excluding carboxylic acids is 1. The molecule has 0 unspecified atom stereocenters. The molecule has 2 aromatic rings. The van der Waals surface area contributed by atoms with Crippen LogP contribution in [0, 0.1) is 0 Å². The number of urea groups is 1. The van der Waals surface area contributed by atoms with E-state index in [1.807, 2.05) is 0 Å². The van der Waals surface area contributed by atoms with Crippen LogP contribution in [0.15, 0.2) is 40.6 Å². The Morgan fingerprint density at radius 3 is 2.55 bits per heavy atom. The first-order valence-electron chi connectivity index (χ1n) is 8.58. The first-order chi connectivity index (χ1) is 13.8. The van der Waals surface area contributed by atoms with E-state index >= 15 is 0 Å². The second-order valence-electron chi connectivity index (χ2n) is 6.13. The average molecular weight is 466 g/mol. The van der Waals surface area contributed by atoms with E-state index in [-0.39, 0.29) is 48.7 Å². The van der Waals surface area contributed by atoms with Crippen molar-refractivity contribution in [2.75, 3.05) is 26.2 Å². The molecule has 1 aliphatic heterocycles. The second-order valence-corrected chi connectivity index (χ2v) is 10.0. The highest BCUT2D eigenvalue weighted by atomic mass is 35.5. The molecule has 0 atom stereocenters. The third kappa shape index (κ3) is 5.56. The number of sulfonamides is 1. The van der Waals surface area contributed by atoms with Crippen molar-refractivity contribution in [1.82, 2.24) is 14.5 Å². The van der Waals surface area contributed by atoms with Crippen LogP contribution in [0.3, 0.4) is 0 Å². The smallest absolute Gasteiger partial charge is 0.387 e. The number of ether oxygens (including phenoxy) is 1. The third-order valence-electron chi connectivity index (χ3n) is 4.24. The largest absolute Gasteiger partial charge is 0.435 e. The lowest BCUT2D eigenvalue weighted by Crippen LogP contribution is -2.52. The molecule has 29 heavy (non-hydrogen) atoms. The molecule has 7 nitrogen and oxygen atoms in total. The Bertz CT molecular complexity index is 963. The van der Waals surface area contributed by atoms with Gasteiger partial charge in [0.25, 0.3) is 10.0 Å². The van der Waals surface area contributed by atoms with E-state index in [2.05, 4.69) is 10.1 Å². The Balaban J connectivity index is 1.51. The van der Waals surface area contributed by atoms with Gasteiger partial charge in [-0.15, -0.1) is 11.3 Å².